The predicted octanol–water partition coefficient (Wildman–Crippen LogP) is 1.12. The third-order valence-electron chi connectivity index (χ3n) is 4.04. The van der Waals surface area contributed by atoms with Crippen molar-refractivity contribution in [2.24, 2.45) is 16.6 Å². The largest absolute Gasteiger partial charge is 0.466 e. The number of likely N-dealkylation sites (tertiary alicyclic amines) is 1. The van der Waals surface area contributed by atoms with Gasteiger partial charge < -0.3 is 25.1 Å². The van der Waals surface area contributed by atoms with Gasteiger partial charge in [0.05, 0.1) is 12.5 Å². The number of furan rings is 1. The molecule has 2 heterocycles. The zero-order valence-electron chi connectivity index (χ0n) is 14.8. The Kier molecular flexibility index (Phi) is 6.85. The van der Waals surface area contributed by atoms with Crippen molar-refractivity contribution in [1.29, 1.82) is 0 Å². The molecule has 1 aromatic rings. The molecule has 0 unspecified atom stereocenters. The van der Waals surface area contributed by atoms with Crippen LogP contribution in [-0.4, -0.2) is 49.0 Å². The SMILES string of the molecule is CCNC(=NCc1ccc(C(N)=O)o1)N1CCC(C(=O)OCC)CC1. The van der Waals surface area contributed by atoms with Gasteiger partial charge in [-0.15, -0.1) is 0 Å². The number of carbonyl (C=O) groups is 2. The third-order valence-corrected chi connectivity index (χ3v) is 4.04. The lowest BCUT2D eigenvalue weighted by molar-refractivity contribution is -0.149. The van der Waals surface area contributed by atoms with E-state index in [1.807, 2.05) is 13.8 Å². The van der Waals surface area contributed by atoms with Gasteiger partial charge in [-0.3, -0.25) is 9.59 Å². The van der Waals surface area contributed by atoms with E-state index in [0.717, 1.165) is 38.4 Å². The molecule has 1 amide bonds. The Morgan fingerprint density at radius 1 is 1.36 bits per heavy atom. The zero-order chi connectivity index (χ0) is 18.2. The number of ether oxygens (including phenoxy) is 1. The highest BCUT2D eigenvalue weighted by atomic mass is 16.5. The maximum Gasteiger partial charge on any atom is 0.309 e. The van der Waals surface area contributed by atoms with Gasteiger partial charge in [-0.05, 0) is 38.8 Å². The van der Waals surface area contributed by atoms with E-state index in [1.54, 1.807) is 12.1 Å². The van der Waals surface area contributed by atoms with E-state index < -0.39 is 5.91 Å². The summed E-state index contributed by atoms with van der Waals surface area (Å²) in [4.78, 5) is 29.6. The third kappa shape index (κ3) is 5.23. The number of carbonyl (C=O) groups excluding carboxylic acids is 2. The molecule has 0 aliphatic carbocycles. The van der Waals surface area contributed by atoms with Gasteiger partial charge in [-0.25, -0.2) is 4.99 Å². The number of aliphatic imine (C=N–C) groups is 1. The maximum atomic E-state index is 11.8. The van der Waals surface area contributed by atoms with E-state index >= 15 is 0 Å². The summed E-state index contributed by atoms with van der Waals surface area (Å²) in [7, 11) is 0. The summed E-state index contributed by atoms with van der Waals surface area (Å²) in [6.45, 7) is 6.76. The molecule has 3 N–H and O–H groups in total. The second-order valence-corrected chi connectivity index (χ2v) is 5.81. The number of hydrogen-bond acceptors (Lipinski definition) is 5. The van der Waals surface area contributed by atoms with Crippen molar-refractivity contribution in [3.63, 3.8) is 0 Å². The van der Waals surface area contributed by atoms with Gasteiger partial charge in [-0.1, -0.05) is 0 Å². The fourth-order valence-electron chi connectivity index (χ4n) is 2.76. The van der Waals surface area contributed by atoms with E-state index in [-0.39, 0.29) is 17.6 Å². The first-order chi connectivity index (χ1) is 12.0. The van der Waals surface area contributed by atoms with Crippen LogP contribution in [0.3, 0.4) is 0 Å². The van der Waals surface area contributed by atoms with Crippen molar-refractivity contribution < 1.29 is 18.7 Å². The fraction of sp³-hybridized carbons (Fsp3) is 0.588. The minimum absolute atomic E-state index is 0.0396. The smallest absolute Gasteiger partial charge is 0.309 e. The van der Waals surface area contributed by atoms with E-state index in [0.29, 0.717) is 18.9 Å². The average Bonchev–Trinajstić information content (AvgIpc) is 3.08. The molecule has 0 aromatic carbocycles. The monoisotopic (exact) mass is 350 g/mol. The number of primary amides is 1. The minimum Gasteiger partial charge on any atom is -0.466 e. The van der Waals surface area contributed by atoms with Crippen LogP contribution in [0.1, 0.15) is 43.0 Å². The van der Waals surface area contributed by atoms with Gasteiger partial charge in [0.1, 0.15) is 12.3 Å². The number of esters is 1. The minimum atomic E-state index is -0.594. The maximum absolute atomic E-state index is 11.8. The van der Waals surface area contributed by atoms with Gasteiger partial charge in [0, 0.05) is 19.6 Å². The molecule has 8 heteroatoms. The van der Waals surface area contributed by atoms with Crippen LogP contribution in [0.5, 0.6) is 0 Å². The Morgan fingerprint density at radius 3 is 2.64 bits per heavy atom. The van der Waals surface area contributed by atoms with Gasteiger partial charge in [-0.2, -0.15) is 0 Å². The van der Waals surface area contributed by atoms with Crippen LogP contribution in [-0.2, 0) is 16.1 Å². The van der Waals surface area contributed by atoms with Crippen LogP contribution in [0, 0.1) is 5.92 Å². The number of hydrogen-bond donors (Lipinski definition) is 2. The summed E-state index contributed by atoms with van der Waals surface area (Å²) in [5.41, 5.74) is 5.18. The van der Waals surface area contributed by atoms with Gasteiger partial charge >= 0.3 is 5.97 Å². The van der Waals surface area contributed by atoms with E-state index in [2.05, 4.69) is 15.2 Å². The molecule has 0 spiro atoms. The van der Waals surface area contributed by atoms with Crippen molar-refractivity contribution in [3.05, 3.63) is 23.7 Å². The first-order valence-corrected chi connectivity index (χ1v) is 8.63. The highest BCUT2D eigenvalue weighted by molar-refractivity contribution is 5.89. The number of amides is 1. The number of nitrogens with zero attached hydrogens (tertiary/aromatic N) is 2. The molecule has 1 saturated heterocycles. The Bertz CT molecular complexity index is 618. The Hall–Kier alpha value is -2.51. The molecule has 1 aromatic heterocycles. The van der Waals surface area contributed by atoms with Crippen molar-refractivity contribution in [1.82, 2.24) is 10.2 Å². The quantitative estimate of drug-likeness (QED) is 0.452. The van der Waals surface area contributed by atoms with Gasteiger partial charge in [0.25, 0.3) is 5.91 Å². The molecule has 0 radical (unpaired) electrons. The molecule has 0 atom stereocenters. The van der Waals surface area contributed by atoms with Crippen molar-refractivity contribution in [3.8, 4) is 0 Å². The van der Waals surface area contributed by atoms with Crippen molar-refractivity contribution >= 4 is 17.8 Å². The number of rotatable bonds is 6. The predicted molar refractivity (Wildman–Crippen MR) is 93.0 cm³/mol. The van der Waals surface area contributed by atoms with Crippen LogP contribution in [0.2, 0.25) is 0 Å². The van der Waals surface area contributed by atoms with E-state index in [9.17, 15) is 9.59 Å². The molecule has 8 nitrogen and oxygen atoms in total. The van der Waals surface area contributed by atoms with Gasteiger partial charge in [0.2, 0.25) is 0 Å². The van der Waals surface area contributed by atoms with Crippen LogP contribution < -0.4 is 11.1 Å². The van der Waals surface area contributed by atoms with Crippen molar-refractivity contribution in [2.45, 2.75) is 33.2 Å². The summed E-state index contributed by atoms with van der Waals surface area (Å²) in [5.74, 6) is 0.724. The molecule has 25 heavy (non-hydrogen) atoms. The first-order valence-electron chi connectivity index (χ1n) is 8.63. The highest BCUT2D eigenvalue weighted by Gasteiger charge is 2.27. The molecule has 0 saturated carbocycles. The molecule has 0 bridgehead atoms. The summed E-state index contributed by atoms with van der Waals surface area (Å²) in [6, 6.07) is 3.24. The summed E-state index contributed by atoms with van der Waals surface area (Å²) >= 11 is 0. The molecule has 1 fully saturated rings. The van der Waals surface area contributed by atoms with Crippen LogP contribution in [0.15, 0.2) is 21.5 Å². The fourth-order valence-corrected chi connectivity index (χ4v) is 2.76. The summed E-state index contributed by atoms with van der Waals surface area (Å²) in [6.07, 6.45) is 1.49. The van der Waals surface area contributed by atoms with Gasteiger partial charge in [0.15, 0.2) is 11.7 Å². The molecular weight excluding hydrogens is 324 g/mol. The Balaban J connectivity index is 1.95. The number of nitrogens with two attached hydrogens (primary N) is 1. The highest BCUT2D eigenvalue weighted by Crippen LogP contribution is 2.19. The van der Waals surface area contributed by atoms with E-state index in [1.165, 1.54) is 0 Å². The standard InChI is InChI=1S/C17H26N4O4/c1-3-19-17(20-11-13-5-6-14(25-13)15(18)22)21-9-7-12(8-10-21)16(23)24-4-2/h5-6,12H,3-4,7-11H2,1-2H3,(H2,18,22)(H,19,20). The number of piperidine rings is 1. The van der Waals surface area contributed by atoms with Crippen molar-refractivity contribution in [2.75, 3.05) is 26.2 Å². The molecule has 2 rings (SSSR count). The molecule has 138 valence electrons. The molecule has 1 aliphatic rings. The van der Waals surface area contributed by atoms with Crippen LogP contribution in [0.25, 0.3) is 0 Å². The summed E-state index contributed by atoms with van der Waals surface area (Å²) in [5, 5.41) is 3.25. The summed E-state index contributed by atoms with van der Waals surface area (Å²) < 4.78 is 10.4. The Morgan fingerprint density at radius 2 is 2.08 bits per heavy atom. The first kappa shape index (κ1) is 18.8. The average molecular weight is 350 g/mol. The van der Waals surface area contributed by atoms with Crippen LogP contribution >= 0.6 is 0 Å². The molecular formula is C17H26N4O4. The lowest BCUT2D eigenvalue weighted by atomic mass is 9.97. The second kappa shape index (κ2) is 9.10. The normalized spacial score (nSPS) is 15.9. The lowest BCUT2D eigenvalue weighted by Gasteiger charge is -2.33. The topological polar surface area (TPSA) is 110 Å². The number of guanidine groups is 1. The van der Waals surface area contributed by atoms with E-state index in [4.69, 9.17) is 14.9 Å². The molecule has 1 aliphatic heterocycles. The lowest BCUT2D eigenvalue weighted by Crippen LogP contribution is -2.46. The Labute approximate surface area is 147 Å². The second-order valence-electron chi connectivity index (χ2n) is 5.81. The zero-order valence-corrected chi connectivity index (χ0v) is 14.8. The number of nitrogens with one attached hydrogen (secondary N) is 1. The van der Waals surface area contributed by atoms with Crippen LogP contribution in [0.4, 0.5) is 0 Å².